The number of likely N-dealkylation sites (N-methyl/N-ethyl adjacent to an activating group) is 1. The van der Waals surface area contributed by atoms with Gasteiger partial charge >= 0.3 is 6.18 Å². The van der Waals surface area contributed by atoms with E-state index in [9.17, 15) is 22.4 Å². The van der Waals surface area contributed by atoms with E-state index >= 15 is 0 Å². The summed E-state index contributed by atoms with van der Waals surface area (Å²) in [4.78, 5) is 18.3. The lowest BCUT2D eigenvalue weighted by molar-refractivity contribution is -0.137. The van der Waals surface area contributed by atoms with Gasteiger partial charge in [-0.05, 0) is 42.9 Å². The lowest BCUT2D eigenvalue weighted by atomic mass is 10.1. The Balaban J connectivity index is 1.41. The normalized spacial score (nSPS) is 11.5. The molecule has 1 N–H and O–H groups in total. The van der Waals surface area contributed by atoms with Crippen molar-refractivity contribution in [2.24, 2.45) is 0 Å². The van der Waals surface area contributed by atoms with Gasteiger partial charge in [-0.3, -0.25) is 14.7 Å². The highest BCUT2D eigenvalue weighted by atomic mass is 19.4. The Morgan fingerprint density at radius 2 is 1.69 bits per heavy atom. The van der Waals surface area contributed by atoms with Crippen LogP contribution in [-0.4, -0.2) is 43.6 Å². The summed E-state index contributed by atoms with van der Waals surface area (Å²) in [6, 6.07) is 13.8. The van der Waals surface area contributed by atoms with E-state index in [4.69, 9.17) is 14.2 Å². The molecule has 0 saturated carbocycles. The molecule has 204 valence electrons. The van der Waals surface area contributed by atoms with Crippen LogP contribution in [0.5, 0.6) is 23.0 Å². The van der Waals surface area contributed by atoms with E-state index in [1.54, 1.807) is 36.2 Å². The lowest BCUT2D eigenvalue weighted by Gasteiger charge is -2.17. The molecule has 1 aromatic heterocycles. The molecule has 0 atom stereocenters. The van der Waals surface area contributed by atoms with Gasteiger partial charge in [0.25, 0.3) is 0 Å². The Morgan fingerprint density at radius 3 is 2.38 bits per heavy atom. The minimum Gasteiger partial charge on any atom is -0.493 e. The van der Waals surface area contributed by atoms with Crippen molar-refractivity contribution in [3.63, 3.8) is 0 Å². The molecule has 0 spiro atoms. The number of methoxy groups -OCH3 is 2. The summed E-state index contributed by atoms with van der Waals surface area (Å²) in [6.45, 7) is -0.000552. The predicted molar refractivity (Wildman–Crippen MR) is 138 cm³/mol. The molecule has 3 aromatic carbocycles. The van der Waals surface area contributed by atoms with Crippen LogP contribution in [0.15, 0.2) is 66.9 Å². The molecular weight excluding hydrogens is 518 g/mol. The monoisotopic (exact) mass is 543 g/mol. The van der Waals surface area contributed by atoms with Crippen LogP contribution in [0.3, 0.4) is 0 Å². The number of alkyl halides is 3. The summed E-state index contributed by atoms with van der Waals surface area (Å²) >= 11 is 0. The van der Waals surface area contributed by atoms with E-state index in [2.05, 4.69) is 10.3 Å². The van der Waals surface area contributed by atoms with Gasteiger partial charge in [-0.2, -0.15) is 13.2 Å². The van der Waals surface area contributed by atoms with Crippen molar-refractivity contribution in [3.8, 4) is 23.0 Å². The Kier molecular flexibility index (Phi) is 8.20. The first-order valence-electron chi connectivity index (χ1n) is 11.7. The zero-order valence-electron chi connectivity index (χ0n) is 21.3. The number of aromatic nitrogens is 1. The van der Waals surface area contributed by atoms with Crippen molar-refractivity contribution in [3.05, 3.63) is 83.8 Å². The number of fused-ring (bicyclic) bond motifs is 1. The molecule has 4 aromatic rings. The highest BCUT2D eigenvalue weighted by molar-refractivity contribution is 5.92. The zero-order chi connectivity index (χ0) is 28.2. The third-order valence-electron chi connectivity index (χ3n) is 5.76. The second kappa shape index (κ2) is 11.6. The van der Waals surface area contributed by atoms with Gasteiger partial charge in [0.15, 0.2) is 23.1 Å². The number of carbonyl (C=O) groups is 1. The highest BCUT2D eigenvalue weighted by Crippen LogP contribution is 2.37. The van der Waals surface area contributed by atoms with Crippen LogP contribution in [-0.2, 0) is 17.5 Å². The van der Waals surface area contributed by atoms with Gasteiger partial charge in [-0.25, -0.2) is 4.39 Å². The van der Waals surface area contributed by atoms with E-state index in [1.165, 1.54) is 38.6 Å². The molecule has 0 bridgehead atoms. The molecule has 0 aliphatic carbocycles. The van der Waals surface area contributed by atoms with Crippen molar-refractivity contribution < 1.29 is 36.6 Å². The van der Waals surface area contributed by atoms with Gasteiger partial charge in [0, 0.05) is 35.9 Å². The van der Waals surface area contributed by atoms with Gasteiger partial charge in [-0.1, -0.05) is 18.2 Å². The quantitative estimate of drug-likeness (QED) is 0.251. The number of hydrogen-bond acceptors (Lipinski definition) is 6. The van der Waals surface area contributed by atoms with E-state index in [0.717, 1.165) is 18.2 Å². The molecule has 0 aliphatic rings. The fourth-order valence-electron chi connectivity index (χ4n) is 3.98. The topological polar surface area (TPSA) is 72.9 Å². The number of nitrogens with zero attached hydrogens (tertiary/aromatic N) is 2. The second-order valence-electron chi connectivity index (χ2n) is 8.70. The molecular formula is C28H25F4N3O4. The summed E-state index contributed by atoms with van der Waals surface area (Å²) in [5, 5.41) is 3.17. The van der Waals surface area contributed by atoms with Crippen LogP contribution < -0.4 is 19.5 Å². The van der Waals surface area contributed by atoms with Crippen molar-refractivity contribution >= 4 is 22.5 Å². The third kappa shape index (κ3) is 6.74. The number of rotatable bonds is 9. The zero-order valence-corrected chi connectivity index (χ0v) is 21.3. The number of halogens is 4. The van der Waals surface area contributed by atoms with Crippen molar-refractivity contribution in [1.82, 2.24) is 9.88 Å². The van der Waals surface area contributed by atoms with Crippen LogP contribution in [0.2, 0.25) is 0 Å². The summed E-state index contributed by atoms with van der Waals surface area (Å²) in [7, 11) is 4.60. The molecule has 0 unspecified atom stereocenters. The number of nitrogens with one attached hydrogen (secondary N) is 1. The molecule has 4 rings (SSSR count). The van der Waals surface area contributed by atoms with Crippen molar-refractivity contribution in [2.45, 2.75) is 12.7 Å². The lowest BCUT2D eigenvalue weighted by Crippen LogP contribution is -2.30. The number of amides is 1. The van der Waals surface area contributed by atoms with Crippen LogP contribution >= 0.6 is 0 Å². The fourth-order valence-corrected chi connectivity index (χ4v) is 3.98. The molecule has 11 heteroatoms. The summed E-state index contributed by atoms with van der Waals surface area (Å²) in [5.74, 6) is 0.0416. The van der Waals surface area contributed by atoms with Gasteiger partial charge in [0.05, 0.1) is 31.8 Å². The van der Waals surface area contributed by atoms with Gasteiger partial charge in [-0.15, -0.1) is 0 Å². The number of ether oxygens (including phenoxy) is 3. The van der Waals surface area contributed by atoms with Crippen LogP contribution in [0, 0.1) is 5.82 Å². The number of pyridine rings is 1. The molecule has 7 nitrogen and oxygen atoms in total. The van der Waals surface area contributed by atoms with Crippen LogP contribution in [0.25, 0.3) is 10.9 Å². The summed E-state index contributed by atoms with van der Waals surface area (Å²) in [6.07, 6.45) is -2.93. The first-order valence-corrected chi connectivity index (χ1v) is 11.7. The number of carbonyl (C=O) groups excluding carboxylic acids is 1. The standard InChI is InChI=1S/C28H25F4N3O4/c1-35(15-17-5-4-6-18(11-17)28(30,31)32)16-27(36)34-19-7-8-24(21(29)12-19)39-23-9-10-33-22-14-26(38-3)25(37-2)13-20(22)23/h4-14H,15-16H2,1-3H3,(H,34,36). The highest BCUT2D eigenvalue weighted by Gasteiger charge is 2.30. The number of benzene rings is 3. The SMILES string of the molecule is COc1cc2nccc(Oc3ccc(NC(=O)CN(C)Cc4cccc(C(F)(F)F)c4)cc3F)c2cc1OC. The van der Waals surface area contributed by atoms with E-state index in [1.807, 2.05) is 0 Å². The maximum absolute atomic E-state index is 14.9. The average Bonchev–Trinajstić information content (AvgIpc) is 2.89. The maximum Gasteiger partial charge on any atom is 0.416 e. The Hall–Kier alpha value is -4.38. The number of hydrogen-bond donors (Lipinski definition) is 1. The third-order valence-corrected chi connectivity index (χ3v) is 5.76. The van der Waals surface area contributed by atoms with Crippen molar-refractivity contribution in [1.29, 1.82) is 0 Å². The maximum atomic E-state index is 14.9. The molecule has 0 aliphatic heterocycles. The molecule has 0 radical (unpaired) electrons. The fraction of sp³-hybridized carbons (Fsp3) is 0.214. The largest absolute Gasteiger partial charge is 0.493 e. The first kappa shape index (κ1) is 27.6. The Labute approximate surface area is 221 Å². The predicted octanol–water partition coefficient (Wildman–Crippen LogP) is 6.27. The molecule has 0 saturated heterocycles. The van der Waals surface area contributed by atoms with E-state index in [0.29, 0.717) is 33.7 Å². The van der Waals surface area contributed by atoms with Crippen LogP contribution in [0.4, 0.5) is 23.2 Å². The first-order chi connectivity index (χ1) is 18.6. The van der Waals surface area contributed by atoms with E-state index < -0.39 is 23.5 Å². The Morgan fingerprint density at radius 1 is 0.949 bits per heavy atom. The number of anilines is 1. The van der Waals surface area contributed by atoms with Gasteiger partial charge in [0.1, 0.15) is 5.75 Å². The molecule has 1 amide bonds. The molecule has 39 heavy (non-hydrogen) atoms. The summed E-state index contributed by atoms with van der Waals surface area (Å²) < 4.78 is 70.1. The molecule has 0 fully saturated rings. The van der Waals surface area contributed by atoms with Crippen molar-refractivity contribution in [2.75, 3.05) is 33.1 Å². The molecule has 1 heterocycles. The van der Waals surface area contributed by atoms with Gasteiger partial charge in [0.2, 0.25) is 5.91 Å². The van der Waals surface area contributed by atoms with E-state index in [-0.39, 0.29) is 24.5 Å². The van der Waals surface area contributed by atoms with Gasteiger partial charge < -0.3 is 19.5 Å². The minimum atomic E-state index is -4.45. The summed E-state index contributed by atoms with van der Waals surface area (Å²) in [5.41, 5.74) is 0.411. The smallest absolute Gasteiger partial charge is 0.416 e. The minimum absolute atomic E-state index is 0.0723. The van der Waals surface area contributed by atoms with Crippen LogP contribution in [0.1, 0.15) is 11.1 Å². The second-order valence-corrected chi connectivity index (χ2v) is 8.70. The average molecular weight is 544 g/mol. The Bertz CT molecular complexity index is 1490.